The van der Waals surface area contributed by atoms with Crippen LogP contribution in [-0.4, -0.2) is 46.5 Å². The molecule has 0 bridgehead atoms. The van der Waals surface area contributed by atoms with Gasteiger partial charge >= 0.3 is 12.0 Å². The highest BCUT2D eigenvalue weighted by atomic mass is 32.1. The summed E-state index contributed by atoms with van der Waals surface area (Å²) in [5.41, 5.74) is 0.597. The first-order valence-electron chi connectivity index (χ1n) is 6.83. The first kappa shape index (κ1) is 17.0. The molecular weight excluding hydrogens is 320 g/mol. The fourth-order valence-corrected chi connectivity index (χ4v) is 3.09. The van der Waals surface area contributed by atoms with Gasteiger partial charge in [0.1, 0.15) is 0 Å². The Kier molecular flexibility index (Phi) is 5.78. The molecule has 0 aliphatic carbocycles. The Bertz CT molecular complexity index is 713. The third-order valence-electron chi connectivity index (χ3n) is 3.07. The predicted octanol–water partition coefficient (Wildman–Crippen LogP) is 2.46. The van der Waals surface area contributed by atoms with Crippen molar-refractivity contribution in [2.75, 3.05) is 39.8 Å². The lowest BCUT2D eigenvalue weighted by molar-refractivity contribution is 0.0603. The van der Waals surface area contributed by atoms with Crippen molar-refractivity contribution in [3.8, 4) is 5.75 Å². The monoisotopic (exact) mass is 338 g/mol. The number of rotatable bonds is 6. The van der Waals surface area contributed by atoms with Crippen LogP contribution in [-0.2, 0) is 9.47 Å². The van der Waals surface area contributed by atoms with Crippen molar-refractivity contribution in [3.63, 3.8) is 0 Å². The van der Waals surface area contributed by atoms with Crippen molar-refractivity contribution >= 4 is 39.1 Å². The maximum absolute atomic E-state index is 11.8. The molecule has 2 aromatic rings. The van der Waals surface area contributed by atoms with E-state index in [1.807, 2.05) is 6.07 Å². The summed E-state index contributed by atoms with van der Waals surface area (Å²) in [5.74, 6) is -0.00448. The molecule has 0 radical (unpaired) electrons. The zero-order valence-electron chi connectivity index (χ0n) is 13.1. The van der Waals surface area contributed by atoms with Crippen LogP contribution in [0.5, 0.6) is 5.75 Å². The zero-order valence-corrected chi connectivity index (χ0v) is 13.9. The molecule has 0 unspecified atom stereocenters. The van der Waals surface area contributed by atoms with Gasteiger partial charge in [0.25, 0.3) is 0 Å². The van der Waals surface area contributed by atoms with Crippen LogP contribution in [0.15, 0.2) is 18.2 Å². The number of fused-ring (bicyclic) bond motifs is 1. The third kappa shape index (κ3) is 3.91. The van der Waals surface area contributed by atoms with E-state index in [0.29, 0.717) is 29.5 Å². The number of benzene rings is 1. The van der Waals surface area contributed by atoms with Gasteiger partial charge in [-0.1, -0.05) is 0 Å². The number of thiophene rings is 1. The number of hydrogen-bond acceptors (Lipinski definition) is 6. The average molecular weight is 338 g/mol. The van der Waals surface area contributed by atoms with Crippen LogP contribution in [0.4, 0.5) is 10.5 Å². The van der Waals surface area contributed by atoms with Gasteiger partial charge in [0, 0.05) is 29.4 Å². The number of nitrogens with one attached hydrogen (secondary N) is 2. The second-order valence-corrected chi connectivity index (χ2v) is 5.59. The van der Waals surface area contributed by atoms with Gasteiger partial charge in [-0.3, -0.25) is 0 Å². The fraction of sp³-hybridized carbons (Fsp3) is 0.333. The van der Waals surface area contributed by atoms with Crippen molar-refractivity contribution in [1.29, 1.82) is 0 Å². The van der Waals surface area contributed by atoms with Gasteiger partial charge in [-0.2, -0.15) is 0 Å². The van der Waals surface area contributed by atoms with Gasteiger partial charge in [-0.05, 0) is 18.2 Å². The molecule has 0 saturated carbocycles. The largest absolute Gasteiger partial charge is 0.494 e. The normalized spacial score (nSPS) is 10.4. The Morgan fingerprint density at radius 2 is 2.00 bits per heavy atom. The summed E-state index contributed by atoms with van der Waals surface area (Å²) in [7, 11) is 4.38. The minimum atomic E-state index is -0.449. The Morgan fingerprint density at radius 3 is 2.65 bits per heavy atom. The first-order chi connectivity index (χ1) is 11.1. The number of carbonyl (C=O) groups is 2. The minimum absolute atomic E-state index is 0.330. The van der Waals surface area contributed by atoms with Crippen LogP contribution in [0.3, 0.4) is 0 Å². The average Bonchev–Trinajstić information content (AvgIpc) is 2.92. The number of amides is 2. The SMILES string of the molecule is COCCNC(=O)Nc1ccc2sc(C(=O)OC)c(OC)c2c1. The first-order valence-corrected chi connectivity index (χ1v) is 7.65. The molecule has 124 valence electrons. The Hall–Kier alpha value is -2.32. The molecule has 1 heterocycles. The van der Waals surface area contributed by atoms with E-state index < -0.39 is 5.97 Å². The maximum atomic E-state index is 11.8. The van der Waals surface area contributed by atoms with Crippen LogP contribution in [0, 0.1) is 0 Å². The molecule has 0 atom stereocenters. The van der Waals surface area contributed by atoms with Crippen molar-refractivity contribution in [1.82, 2.24) is 5.32 Å². The van der Waals surface area contributed by atoms with Gasteiger partial charge in [-0.25, -0.2) is 9.59 Å². The quantitative estimate of drug-likeness (QED) is 0.624. The molecule has 2 amide bonds. The standard InChI is InChI=1S/C15H18N2O5S/c1-20-7-6-16-15(19)17-9-4-5-11-10(8-9)12(21-2)13(23-11)14(18)22-3/h4-5,8H,6-7H2,1-3H3,(H2,16,17,19). The fourth-order valence-electron chi connectivity index (χ4n) is 2.02. The van der Waals surface area contributed by atoms with E-state index in [0.717, 1.165) is 10.1 Å². The summed E-state index contributed by atoms with van der Waals surface area (Å²) in [6.45, 7) is 0.853. The molecule has 8 heteroatoms. The molecular formula is C15H18N2O5S. The number of esters is 1. The highest BCUT2D eigenvalue weighted by Crippen LogP contribution is 2.39. The summed E-state index contributed by atoms with van der Waals surface area (Å²) < 4.78 is 15.8. The third-order valence-corrected chi connectivity index (χ3v) is 4.20. The van der Waals surface area contributed by atoms with Crippen LogP contribution < -0.4 is 15.4 Å². The zero-order chi connectivity index (χ0) is 16.8. The Morgan fingerprint density at radius 1 is 1.22 bits per heavy atom. The number of urea groups is 1. The number of methoxy groups -OCH3 is 3. The molecule has 0 aliphatic rings. The second kappa shape index (κ2) is 7.80. The lowest BCUT2D eigenvalue weighted by Crippen LogP contribution is -2.31. The second-order valence-electron chi connectivity index (χ2n) is 4.54. The molecule has 0 aliphatic heterocycles. The number of hydrogen-bond donors (Lipinski definition) is 2. The van der Waals surface area contributed by atoms with E-state index >= 15 is 0 Å². The lowest BCUT2D eigenvalue weighted by Gasteiger charge is -2.07. The summed E-state index contributed by atoms with van der Waals surface area (Å²) in [6, 6.07) is 5.01. The maximum Gasteiger partial charge on any atom is 0.351 e. The van der Waals surface area contributed by atoms with E-state index in [9.17, 15) is 9.59 Å². The molecule has 2 N–H and O–H groups in total. The molecule has 0 saturated heterocycles. The Labute approximate surface area is 137 Å². The van der Waals surface area contributed by atoms with Gasteiger partial charge in [0.15, 0.2) is 10.6 Å². The van der Waals surface area contributed by atoms with Gasteiger partial charge in [0.05, 0.1) is 20.8 Å². The van der Waals surface area contributed by atoms with Gasteiger partial charge in [0.2, 0.25) is 0 Å². The van der Waals surface area contributed by atoms with Crippen molar-refractivity contribution < 1.29 is 23.8 Å². The smallest absolute Gasteiger partial charge is 0.351 e. The van der Waals surface area contributed by atoms with Gasteiger partial charge < -0.3 is 24.8 Å². The van der Waals surface area contributed by atoms with Crippen LogP contribution in [0.25, 0.3) is 10.1 Å². The summed E-state index contributed by atoms with van der Waals surface area (Å²) in [6.07, 6.45) is 0. The lowest BCUT2D eigenvalue weighted by atomic mass is 10.2. The van der Waals surface area contributed by atoms with E-state index in [-0.39, 0.29) is 6.03 Å². The molecule has 23 heavy (non-hydrogen) atoms. The highest BCUT2D eigenvalue weighted by molar-refractivity contribution is 7.21. The molecule has 2 rings (SSSR count). The predicted molar refractivity (Wildman–Crippen MR) is 88.6 cm³/mol. The van der Waals surface area contributed by atoms with E-state index in [1.165, 1.54) is 25.6 Å². The van der Waals surface area contributed by atoms with Crippen molar-refractivity contribution in [2.24, 2.45) is 0 Å². The number of anilines is 1. The Balaban J connectivity index is 2.24. The van der Waals surface area contributed by atoms with Crippen LogP contribution in [0.1, 0.15) is 9.67 Å². The summed E-state index contributed by atoms with van der Waals surface area (Å²) in [5, 5.41) is 6.13. The molecule has 0 spiro atoms. The molecule has 7 nitrogen and oxygen atoms in total. The van der Waals surface area contributed by atoms with Crippen molar-refractivity contribution in [2.45, 2.75) is 0 Å². The van der Waals surface area contributed by atoms with Crippen LogP contribution in [0.2, 0.25) is 0 Å². The number of carbonyl (C=O) groups excluding carboxylic acids is 2. The van der Waals surface area contributed by atoms with Gasteiger partial charge in [-0.15, -0.1) is 11.3 Å². The molecule has 0 fully saturated rings. The topological polar surface area (TPSA) is 85.9 Å². The van der Waals surface area contributed by atoms with Crippen LogP contribution >= 0.6 is 11.3 Å². The molecule has 1 aromatic carbocycles. The van der Waals surface area contributed by atoms with E-state index in [2.05, 4.69) is 10.6 Å². The number of ether oxygens (including phenoxy) is 3. The summed E-state index contributed by atoms with van der Waals surface area (Å²) in [4.78, 5) is 23.9. The van der Waals surface area contributed by atoms with Crippen molar-refractivity contribution in [3.05, 3.63) is 23.1 Å². The van der Waals surface area contributed by atoms with E-state index in [1.54, 1.807) is 19.2 Å². The highest BCUT2D eigenvalue weighted by Gasteiger charge is 2.20. The molecule has 1 aromatic heterocycles. The summed E-state index contributed by atoms with van der Waals surface area (Å²) >= 11 is 1.28. The van der Waals surface area contributed by atoms with E-state index in [4.69, 9.17) is 14.2 Å². The minimum Gasteiger partial charge on any atom is -0.494 e.